The molecule has 2 N–H and O–H groups in total. The molecule has 2 nitrogen and oxygen atoms in total. The van der Waals surface area contributed by atoms with E-state index in [9.17, 15) is 5.11 Å². The number of benzene rings is 1. The minimum atomic E-state index is 0. The lowest BCUT2D eigenvalue weighted by Gasteiger charge is -2.12. The molecule has 0 bridgehead atoms. The fraction of sp³-hybridized carbons (Fsp3) is 0.333. The van der Waals surface area contributed by atoms with E-state index in [0.717, 1.165) is 18.4 Å². The molecule has 1 atom stereocenters. The summed E-state index contributed by atoms with van der Waals surface area (Å²) in [5.74, 6) is 2.94. The van der Waals surface area contributed by atoms with E-state index in [4.69, 9.17) is 6.42 Å². The molecule has 0 heterocycles. The normalized spacial score (nSPS) is 17.7. The molecule has 2 rings (SSSR count). The highest BCUT2D eigenvalue weighted by atomic mass is 35.5. The third-order valence-corrected chi connectivity index (χ3v) is 2.67. The zero-order valence-corrected chi connectivity index (χ0v) is 9.18. The average molecular weight is 224 g/mol. The molecule has 1 unspecified atom stereocenters. The van der Waals surface area contributed by atoms with Gasteiger partial charge in [-0.3, -0.25) is 5.32 Å². The molecule has 1 aromatic carbocycles. The van der Waals surface area contributed by atoms with E-state index >= 15 is 0 Å². The molecule has 0 radical (unpaired) electrons. The summed E-state index contributed by atoms with van der Waals surface area (Å²) >= 11 is 0. The van der Waals surface area contributed by atoms with Crippen molar-refractivity contribution >= 4 is 12.4 Å². The van der Waals surface area contributed by atoms with Gasteiger partial charge in [0.15, 0.2) is 0 Å². The fourth-order valence-corrected chi connectivity index (χ4v) is 2.05. The molecule has 1 aliphatic carbocycles. The lowest BCUT2D eigenvalue weighted by molar-refractivity contribution is 0.454. The number of terminal acetylenes is 1. The second-order valence-corrected chi connectivity index (χ2v) is 3.53. The summed E-state index contributed by atoms with van der Waals surface area (Å²) in [6.45, 7) is 0.554. The predicted molar refractivity (Wildman–Crippen MR) is 63.3 cm³/mol. The van der Waals surface area contributed by atoms with Gasteiger partial charge in [0.05, 0.1) is 6.54 Å². The highest BCUT2D eigenvalue weighted by Gasteiger charge is 2.24. The molecule has 0 aliphatic heterocycles. The van der Waals surface area contributed by atoms with Gasteiger partial charge < -0.3 is 5.11 Å². The molecule has 1 aliphatic rings. The summed E-state index contributed by atoms with van der Waals surface area (Å²) in [6, 6.07) is 5.90. The summed E-state index contributed by atoms with van der Waals surface area (Å²) in [7, 11) is 0. The Morgan fingerprint density at radius 1 is 1.53 bits per heavy atom. The quantitative estimate of drug-likeness (QED) is 0.752. The van der Waals surface area contributed by atoms with Crippen molar-refractivity contribution in [3.8, 4) is 18.1 Å². The average Bonchev–Trinajstić information content (AvgIpc) is 2.59. The predicted octanol–water partition coefficient (Wildman–Crippen LogP) is 2.02. The first-order valence-corrected chi connectivity index (χ1v) is 4.80. The Kier molecular flexibility index (Phi) is 4.02. The number of aromatic hydroxyl groups is 1. The van der Waals surface area contributed by atoms with E-state index in [-0.39, 0.29) is 18.4 Å². The van der Waals surface area contributed by atoms with Crippen LogP contribution in [0.15, 0.2) is 18.2 Å². The van der Waals surface area contributed by atoms with E-state index in [1.165, 1.54) is 5.56 Å². The number of phenolic OH excluding ortho intramolecular Hbond substituents is 1. The van der Waals surface area contributed by atoms with Gasteiger partial charge in [0, 0.05) is 11.6 Å². The minimum Gasteiger partial charge on any atom is -0.508 e. The maximum atomic E-state index is 9.71. The highest BCUT2D eigenvalue weighted by molar-refractivity contribution is 5.85. The number of rotatable bonds is 2. The van der Waals surface area contributed by atoms with E-state index in [0.29, 0.717) is 12.3 Å². The van der Waals surface area contributed by atoms with Gasteiger partial charge in [-0.1, -0.05) is 18.1 Å². The van der Waals surface area contributed by atoms with Gasteiger partial charge in [-0.15, -0.1) is 18.8 Å². The molecule has 0 spiro atoms. The molecule has 0 saturated carbocycles. The number of nitrogens with one attached hydrogen (secondary N) is 1. The number of phenols is 1. The Balaban J connectivity index is 0.00000112. The monoisotopic (exact) mass is 223 g/mol. The second-order valence-electron chi connectivity index (χ2n) is 3.53. The van der Waals surface area contributed by atoms with E-state index in [2.05, 4.69) is 17.3 Å². The first-order chi connectivity index (χ1) is 6.83. The van der Waals surface area contributed by atoms with Gasteiger partial charge in [0.1, 0.15) is 5.75 Å². The van der Waals surface area contributed by atoms with Gasteiger partial charge in [-0.25, -0.2) is 0 Å². The number of hydrogen-bond donors (Lipinski definition) is 2. The van der Waals surface area contributed by atoms with Crippen LogP contribution in [-0.2, 0) is 6.42 Å². The highest BCUT2D eigenvalue weighted by Crippen LogP contribution is 2.36. The second kappa shape index (κ2) is 5.06. The van der Waals surface area contributed by atoms with Crippen LogP contribution in [0.25, 0.3) is 0 Å². The van der Waals surface area contributed by atoms with Crippen molar-refractivity contribution in [2.24, 2.45) is 0 Å². The lowest BCUT2D eigenvalue weighted by Crippen LogP contribution is -2.19. The van der Waals surface area contributed by atoms with E-state index in [1.807, 2.05) is 6.07 Å². The molecular formula is C12H14ClNO. The smallest absolute Gasteiger partial charge is 0.120 e. The first-order valence-electron chi connectivity index (χ1n) is 4.80. The van der Waals surface area contributed by atoms with Crippen LogP contribution in [0, 0.1) is 12.3 Å². The van der Waals surface area contributed by atoms with Crippen LogP contribution in [0.3, 0.4) is 0 Å². The molecule has 80 valence electrons. The summed E-state index contributed by atoms with van der Waals surface area (Å²) in [6.07, 6.45) is 7.23. The van der Waals surface area contributed by atoms with Crippen LogP contribution in [-0.4, -0.2) is 11.7 Å². The van der Waals surface area contributed by atoms with Gasteiger partial charge >= 0.3 is 0 Å². The van der Waals surface area contributed by atoms with Crippen molar-refractivity contribution in [1.29, 1.82) is 0 Å². The third-order valence-electron chi connectivity index (χ3n) is 2.67. The zero-order valence-electron chi connectivity index (χ0n) is 8.36. The maximum Gasteiger partial charge on any atom is 0.120 e. The summed E-state index contributed by atoms with van der Waals surface area (Å²) in [4.78, 5) is 0. The van der Waals surface area contributed by atoms with Gasteiger partial charge in [0.25, 0.3) is 0 Å². The Morgan fingerprint density at radius 3 is 3.07 bits per heavy atom. The maximum absolute atomic E-state index is 9.71. The van der Waals surface area contributed by atoms with Crippen LogP contribution in [0.2, 0.25) is 0 Å². The molecule has 1 aromatic rings. The zero-order chi connectivity index (χ0) is 9.97. The molecule has 0 amide bonds. The van der Waals surface area contributed by atoms with Crippen molar-refractivity contribution in [3.63, 3.8) is 0 Å². The van der Waals surface area contributed by atoms with Crippen molar-refractivity contribution in [1.82, 2.24) is 5.32 Å². The largest absolute Gasteiger partial charge is 0.508 e. The van der Waals surface area contributed by atoms with Crippen LogP contribution < -0.4 is 5.32 Å². The summed E-state index contributed by atoms with van der Waals surface area (Å²) in [5, 5.41) is 12.9. The molecule has 0 aromatic heterocycles. The van der Waals surface area contributed by atoms with Crippen molar-refractivity contribution in [2.45, 2.75) is 18.9 Å². The lowest BCUT2D eigenvalue weighted by atomic mass is 10.1. The number of fused-ring (bicyclic) bond motifs is 1. The molecule has 3 heteroatoms. The standard InChI is InChI=1S/C12H13NO.ClH/c1-2-8-13-10-7-6-9-4-3-5-11(14)12(9)10;/h1,3-5,10,13-14H,6-8H2;1H. The Hall–Kier alpha value is -1.17. The van der Waals surface area contributed by atoms with Crippen LogP contribution in [0.1, 0.15) is 23.6 Å². The Labute approximate surface area is 96.1 Å². The number of aryl methyl sites for hydroxylation is 1. The minimum absolute atomic E-state index is 0. The first kappa shape index (κ1) is 11.9. The molecule has 0 fully saturated rings. The number of hydrogen-bond acceptors (Lipinski definition) is 2. The SMILES string of the molecule is C#CCNC1CCc2cccc(O)c21.Cl. The van der Waals surface area contributed by atoms with Crippen LogP contribution >= 0.6 is 12.4 Å². The third kappa shape index (κ3) is 2.26. The molecular weight excluding hydrogens is 210 g/mol. The molecule has 0 saturated heterocycles. The van der Waals surface area contributed by atoms with Crippen LogP contribution in [0.4, 0.5) is 0 Å². The van der Waals surface area contributed by atoms with Crippen molar-refractivity contribution in [2.75, 3.05) is 6.54 Å². The van der Waals surface area contributed by atoms with Gasteiger partial charge in [-0.05, 0) is 24.5 Å². The summed E-state index contributed by atoms with van der Waals surface area (Å²) < 4.78 is 0. The topological polar surface area (TPSA) is 32.3 Å². The number of halogens is 1. The Morgan fingerprint density at radius 2 is 2.33 bits per heavy atom. The van der Waals surface area contributed by atoms with Gasteiger partial charge in [-0.2, -0.15) is 0 Å². The van der Waals surface area contributed by atoms with Crippen LogP contribution in [0.5, 0.6) is 5.75 Å². The molecule has 15 heavy (non-hydrogen) atoms. The van der Waals surface area contributed by atoms with E-state index in [1.54, 1.807) is 6.07 Å². The fourth-order valence-electron chi connectivity index (χ4n) is 2.05. The summed E-state index contributed by atoms with van der Waals surface area (Å²) in [5.41, 5.74) is 2.27. The van der Waals surface area contributed by atoms with Crippen molar-refractivity contribution in [3.05, 3.63) is 29.3 Å². The Bertz CT molecular complexity index is 384. The van der Waals surface area contributed by atoms with E-state index < -0.39 is 0 Å². The van der Waals surface area contributed by atoms with Crippen molar-refractivity contribution < 1.29 is 5.11 Å². The van der Waals surface area contributed by atoms with Gasteiger partial charge in [0.2, 0.25) is 0 Å².